The fraction of sp³-hybridized carbons (Fsp3) is 0.233. The molecule has 3 aromatic carbocycles. The van der Waals surface area contributed by atoms with Gasteiger partial charge in [0.2, 0.25) is 0 Å². The number of methoxy groups -OCH3 is 2. The van der Waals surface area contributed by atoms with Gasteiger partial charge in [-0.1, -0.05) is 36.5 Å². The number of rotatable bonds is 8. The van der Waals surface area contributed by atoms with Crippen molar-refractivity contribution in [3.63, 3.8) is 0 Å². The van der Waals surface area contributed by atoms with E-state index in [0.717, 1.165) is 22.2 Å². The number of carbonyl (C=O) groups is 2. The lowest BCUT2D eigenvalue weighted by atomic mass is 9.94. The second-order valence-electron chi connectivity index (χ2n) is 8.86. The fourth-order valence-corrected chi connectivity index (χ4v) is 5.82. The van der Waals surface area contributed by atoms with Crippen molar-refractivity contribution in [1.82, 2.24) is 4.98 Å². The highest BCUT2D eigenvalue weighted by Crippen LogP contribution is 2.48. The number of benzene rings is 3. The molecule has 2 heterocycles. The Morgan fingerprint density at radius 1 is 1.03 bits per heavy atom. The van der Waals surface area contributed by atoms with Crippen molar-refractivity contribution < 1.29 is 28.9 Å². The zero-order valence-corrected chi connectivity index (χ0v) is 22.9. The molecule has 1 aliphatic rings. The first-order valence-corrected chi connectivity index (χ1v) is 13.4. The lowest BCUT2D eigenvalue weighted by Crippen LogP contribution is -2.29. The summed E-state index contributed by atoms with van der Waals surface area (Å²) in [6, 6.07) is 16.9. The summed E-state index contributed by atoms with van der Waals surface area (Å²) in [5.74, 6) is -0.496. The van der Waals surface area contributed by atoms with Crippen LogP contribution in [0.1, 0.15) is 36.6 Å². The van der Waals surface area contributed by atoms with Gasteiger partial charge in [0.25, 0.3) is 5.78 Å². The molecule has 200 valence electrons. The van der Waals surface area contributed by atoms with Crippen molar-refractivity contribution >= 4 is 44.1 Å². The van der Waals surface area contributed by atoms with Crippen LogP contribution < -0.4 is 19.1 Å². The number of thiazole rings is 1. The van der Waals surface area contributed by atoms with Crippen molar-refractivity contribution in [2.24, 2.45) is 0 Å². The van der Waals surface area contributed by atoms with Gasteiger partial charge < -0.3 is 19.3 Å². The van der Waals surface area contributed by atoms with Gasteiger partial charge in [0.1, 0.15) is 17.6 Å². The zero-order valence-electron chi connectivity index (χ0n) is 22.1. The van der Waals surface area contributed by atoms with Crippen LogP contribution in [0.4, 0.5) is 5.13 Å². The monoisotopic (exact) mass is 544 g/mol. The Bertz CT molecular complexity index is 1590. The molecular formula is C30H28N2O6S. The van der Waals surface area contributed by atoms with Gasteiger partial charge in [0, 0.05) is 11.1 Å². The van der Waals surface area contributed by atoms with E-state index in [9.17, 15) is 14.7 Å². The molecule has 0 bridgehead atoms. The first-order chi connectivity index (χ1) is 18.9. The van der Waals surface area contributed by atoms with Crippen molar-refractivity contribution in [3.8, 4) is 17.2 Å². The topological polar surface area (TPSA) is 98.2 Å². The van der Waals surface area contributed by atoms with Gasteiger partial charge in [-0.05, 0) is 61.4 Å². The molecule has 1 aliphatic heterocycles. The first kappa shape index (κ1) is 26.2. The molecule has 0 saturated carbocycles. The number of para-hydroxylation sites is 1. The summed E-state index contributed by atoms with van der Waals surface area (Å²) in [6.07, 6.45) is 0.858. The predicted octanol–water partition coefficient (Wildman–Crippen LogP) is 5.90. The smallest absolute Gasteiger partial charge is 0.301 e. The molecule has 1 saturated heterocycles. The Balaban J connectivity index is 1.74. The van der Waals surface area contributed by atoms with Crippen LogP contribution >= 0.6 is 11.3 Å². The molecule has 1 N–H and O–H groups in total. The summed E-state index contributed by atoms with van der Waals surface area (Å²) >= 11 is 1.32. The Kier molecular flexibility index (Phi) is 7.26. The van der Waals surface area contributed by atoms with E-state index in [-0.39, 0.29) is 11.3 Å². The van der Waals surface area contributed by atoms with Gasteiger partial charge in [-0.3, -0.25) is 14.5 Å². The van der Waals surface area contributed by atoms with E-state index in [1.54, 1.807) is 42.5 Å². The van der Waals surface area contributed by atoms with E-state index >= 15 is 0 Å². The highest BCUT2D eigenvalue weighted by molar-refractivity contribution is 7.22. The van der Waals surface area contributed by atoms with Gasteiger partial charge in [0.15, 0.2) is 16.6 Å². The standard InChI is InChI=1S/C30H28N2O6S/c1-5-17-10-15-21-23(16-17)39-30(31-21)32-25(20-8-7-9-22(36-3)28(20)37-4)24(27(34)29(32)35)26(33)18-11-13-19(14-12-18)38-6-2/h7-16,25,33H,5-6H2,1-4H3. The van der Waals surface area contributed by atoms with Crippen LogP contribution in [0.25, 0.3) is 16.0 Å². The molecule has 1 unspecified atom stereocenters. The maximum atomic E-state index is 13.6. The summed E-state index contributed by atoms with van der Waals surface area (Å²) in [5, 5.41) is 11.8. The van der Waals surface area contributed by atoms with Gasteiger partial charge in [0.05, 0.1) is 36.6 Å². The first-order valence-electron chi connectivity index (χ1n) is 12.6. The number of ketones is 1. The lowest BCUT2D eigenvalue weighted by molar-refractivity contribution is -0.132. The molecule has 8 nitrogen and oxygen atoms in total. The molecule has 0 spiro atoms. The normalized spacial score (nSPS) is 16.6. The van der Waals surface area contributed by atoms with Crippen molar-refractivity contribution in [1.29, 1.82) is 0 Å². The van der Waals surface area contributed by atoms with Crippen LogP contribution in [-0.4, -0.2) is 42.6 Å². The summed E-state index contributed by atoms with van der Waals surface area (Å²) in [4.78, 5) is 33.3. The number of aryl methyl sites for hydroxylation is 1. The summed E-state index contributed by atoms with van der Waals surface area (Å²) in [6.45, 7) is 4.44. The van der Waals surface area contributed by atoms with Crippen LogP contribution in [0.3, 0.4) is 0 Å². The summed E-state index contributed by atoms with van der Waals surface area (Å²) < 4.78 is 17.6. The van der Waals surface area contributed by atoms with Crippen molar-refractivity contribution in [3.05, 3.63) is 82.9 Å². The maximum absolute atomic E-state index is 13.6. The van der Waals surface area contributed by atoms with Crippen LogP contribution in [0, 0.1) is 0 Å². The minimum atomic E-state index is -1.01. The average molecular weight is 545 g/mol. The van der Waals surface area contributed by atoms with Crippen molar-refractivity contribution in [2.45, 2.75) is 26.3 Å². The summed E-state index contributed by atoms with van der Waals surface area (Å²) in [5.41, 5.74) is 2.65. The van der Waals surface area contributed by atoms with Gasteiger partial charge in [-0.2, -0.15) is 0 Å². The number of fused-ring (bicyclic) bond motifs is 1. The third-order valence-corrected chi connectivity index (χ3v) is 7.68. The number of aliphatic hydroxyl groups is 1. The number of hydrogen-bond donors (Lipinski definition) is 1. The number of hydrogen-bond acceptors (Lipinski definition) is 8. The molecule has 1 fully saturated rings. The number of aromatic nitrogens is 1. The second-order valence-corrected chi connectivity index (χ2v) is 9.87. The Hall–Kier alpha value is -4.37. The molecule has 1 amide bonds. The molecule has 9 heteroatoms. The minimum Gasteiger partial charge on any atom is -0.507 e. The number of carbonyl (C=O) groups excluding carboxylic acids is 2. The van der Waals surface area contributed by atoms with E-state index in [1.807, 2.05) is 25.1 Å². The Morgan fingerprint density at radius 3 is 2.46 bits per heavy atom. The third kappa shape index (κ3) is 4.59. The van der Waals surface area contributed by atoms with Crippen LogP contribution in [0.15, 0.2) is 66.2 Å². The molecular weight excluding hydrogens is 516 g/mol. The minimum absolute atomic E-state index is 0.0655. The number of anilines is 1. The Morgan fingerprint density at radius 2 is 1.79 bits per heavy atom. The molecule has 4 aromatic rings. The maximum Gasteiger partial charge on any atom is 0.301 e. The SMILES string of the molecule is CCOc1ccc(C(O)=C2C(=O)C(=O)N(c3nc4ccc(CC)cc4s3)C2c2cccc(OC)c2OC)cc1. The molecule has 5 rings (SSSR count). The number of Topliss-reactive ketones (excluding diaryl/α,β-unsaturated/α-hetero) is 1. The highest BCUT2D eigenvalue weighted by Gasteiger charge is 2.49. The molecule has 1 aromatic heterocycles. The number of aliphatic hydroxyl groups excluding tert-OH is 1. The van der Waals surface area contributed by atoms with Gasteiger partial charge in [-0.15, -0.1) is 0 Å². The number of amides is 1. The molecule has 1 atom stereocenters. The predicted molar refractivity (Wildman–Crippen MR) is 151 cm³/mol. The highest BCUT2D eigenvalue weighted by atomic mass is 32.1. The molecule has 0 aliphatic carbocycles. The van der Waals surface area contributed by atoms with Crippen molar-refractivity contribution in [2.75, 3.05) is 25.7 Å². The van der Waals surface area contributed by atoms with E-state index in [1.165, 1.54) is 30.5 Å². The van der Waals surface area contributed by atoms with E-state index in [2.05, 4.69) is 6.92 Å². The summed E-state index contributed by atoms with van der Waals surface area (Å²) in [7, 11) is 3.00. The Labute approximate surface area is 230 Å². The quantitative estimate of drug-likeness (QED) is 0.168. The van der Waals surface area contributed by atoms with E-state index < -0.39 is 17.7 Å². The largest absolute Gasteiger partial charge is 0.507 e. The van der Waals surface area contributed by atoms with Crippen LogP contribution in [0.5, 0.6) is 17.2 Å². The van der Waals surface area contributed by atoms with Crippen LogP contribution in [-0.2, 0) is 16.0 Å². The van der Waals surface area contributed by atoms with E-state index in [4.69, 9.17) is 19.2 Å². The fourth-order valence-electron chi connectivity index (χ4n) is 4.76. The molecule has 39 heavy (non-hydrogen) atoms. The third-order valence-electron chi connectivity index (χ3n) is 6.67. The number of nitrogens with zero attached hydrogens (tertiary/aromatic N) is 2. The van der Waals surface area contributed by atoms with Gasteiger partial charge >= 0.3 is 5.91 Å². The second kappa shape index (κ2) is 10.8. The van der Waals surface area contributed by atoms with Crippen LogP contribution in [0.2, 0.25) is 0 Å². The zero-order chi connectivity index (χ0) is 27.7. The molecule has 0 radical (unpaired) electrons. The van der Waals surface area contributed by atoms with Gasteiger partial charge in [-0.25, -0.2) is 4.98 Å². The lowest BCUT2D eigenvalue weighted by Gasteiger charge is -2.25. The van der Waals surface area contributed by atoms with E-state index in [0.29, 0.717) is 40.1 Å². The average Bonchev–Trinajstić information content (AvgIpc) is 3.49. The number of ether oxygens (including phenoxy) is 3.